The van der Waals surface area contributed by atoms with E-state index in [9.17, 15) is 10.2 Å². The summed E-state index contributed by atoms with van der Waals surface area (Å²) in [6, 6.07) is 0.466. The number of nitrogens with one attached hydrogen (secondary N) is 1. The zero-order valence-electron chi connectivity index (χ0n) is 10.00. The molecule has 0 bridgehead atoms. The first kappa shape index (κ1) is 12.9. The molecule has 0 aromatic heterocycles. The molecule has 90 valence electrons. The second kappa shape index (κ2) is 5.83. The Morgan fingerprint density at radius 3 is 2.40 bits per heavy atom. The van der Waals surface area contributed by atoms with Crippen LogP contribution in [0.4, 0.5) is 0 Å². The van der Waals surface area contributed by atoms with Gasteiger partial charge in [-0.2, -0.15) is 0 Å². The van der Waals surface area contributed by atoms with Crippen molar-refractivity contribution in [3.05, 3.63) is 0 Å². The molecule has 3 N–H and O–H groups in total. The van der Waals surface area contributed by atoms with E-state index in [0.29, 0.717) is 6.04 Å². The minimum absolute atomic E-state index is 0.0187. The number of aliphatic hydroxyl groups excluding tert-OH is 2. The van der Waals surface area contributed by atoms with Gasteiger partial charge in [0.15, 0.2) is 0 Å². The largest absolute Gasteiger partial charge is 0.394 e. The van der Waals surface area contributed by atoms with Crippen molar-refractivity contribution >= 4 is 0 Å². The van der Waals surface area contributed by atoms with Gasteiger partial charge in [0.2, 0.25) is 0 Å². The monoisotopic (exact) mass is 215 g/mol. The first-order valence-electron chi connectivity index (χ1n) is 6.15. The molecule has 1 fully saturated rings. The molecule has 1 aliphatic rings. The summed E-state index contributed by atoms with van der Waals surface area (Å²) in [6.45, 7) is 4.32. The lowest BCUT2D eigenvalue weighted by atomic mass is 9.85. The Kier molecular flexibility index (Phi) is 5.03. The van der Waals surface area contributed by atoms with Crippen LogP contribution in [-0.4, -0.2) is 35.0 Å². The average molecular weight is 215 g/mol. The molecule has 3 heteroatoms. The van der Waals surface area contributed by atoms with Crippen molar-refractivity contribution in [3.8, 4) is 0 Å². The first-order chi connectivity index (χ1) is 7.15. The Labute approximate surface area is 92.9 Å². The van der Waals surface area contributed by atoms with Gasteiger partial charge in [-0.3, -0.25) is 0 Å². The molecule has 1 aliphatic carbocycles. The lowest BCUT2D eigenvalue weighted by Crippen LogP contribution is -2.56. The van der Waals surface area contributed by atoms with E-state index >= 15 is 0 Å². The SMILES string of the molecule is CCC(CO)(CO)NC1CCCC(C)C1. The fraction of sp³-hybridized carbons (Fsp3) is 1.00. The molecule has 1 rings (SSSR count). The Hall–Kier alpha value is -0.120. The number of aliphatic hydroxyl groups is 2. The van der Waals surface area contributed by atoms with Crippen molar-refractivity contribution in [2.24, 2.45) is 5.92 Å². The van der Waals surface area contributed by atoms with Crippen LogP contribution in [0.2, 0.25) is 0 Å². The van der Waals surface area contributed by atoms with Crippen LogP contribution in [0, 0.1) is 5.92 Å². The molecule has 0 aromatic rings. The molecular weight excluding hydrogens is 190 g/mol. The van der Waals surface area contributed by atoms with E-state index in [1.165, 1.54) is 25.7 Å². The Morgan fingerprint density at radius 1 is 1.27 bits per heavy atom. The number of hydrogen-bond donors (Lipinski definition) is 3. The first-order valence-corrected chi connectivity index (χ1v) is 6.15. The van der Waals surface area contributed by atoms with Gasteiger partial charge in [0.1, 0.15) is 0 Å². The highest BCUT2D eigenvalue weighted by molar-refractivity contribution is 4.90. The topological polar surface area (TPSA) is 52.5 Å². The molecule has 2 atom stereocenters. The third kappa shape index (κ3) is 3.44. The fourth-order valence-corrected chi connectivity index (χ4v) is 2.47. The lowest BCUT2D eigenvalue weighted by molar-refractivity contribution is 0.0691. The van der Waals surface area contributed by atoms with E-state index in [1.54, 1.807) is 0 Å². The molecule has 0 saturated heterocycles. The van der Waals surface area contributed by atoms with Gasteiger partial charge in [-0.15, -0.1) is 0 Å². The van der Waals surface area contributed by atoms with Gasteiger partial charge in [0.25, 0.3) is 0 Å². The maximum atomic E-state index is 9.35. The third-order valence-corrected chi connectivity index (χ3v) is 3.73. The highest BCUT2D eigenvalue weighted by Crippen LogP contribution is 2.25. The van der Waals surface area contributed by atoms with Gasteiger partial charge in [-0.05, 0) is 25.2 Å². The quantitative estimate of drug-likeness (QED) is 0.648. The minimum atomic E-state index is -0.471. The Morgan fingerprint density at radius 2 is 1.93 bits per heavy atom. The van der Waals surface area contributed by atoms with E-state index in [1.807, 2.05) is 6.92 Å². The summed E-state index contributed by atoms with van der Waals surface area (Å²) >= 11 is 0. The highest BCUT2D eigenvalue weighted by Gasteiger charge is 2.30. The van der Waals surface area contributed by atoms with Gasteiger partial charge < -0.3 is 15.5 Å². The lowest BCUT2D eigenvalue weighted by Gasteiger charge is -2.37. The van der Waals surface area contributed by atoms with E-state index in [-0.39, 0.29) is 13.2 Å². The van der Waals surface area contributed by atoms with Crippen LogP contribution in [-0.2, 0) is 0 Å². The molecule has 0 amide bonds. The normalized spacial score (nSPS) is 28.0. The third-order valence-electron chi connectivity index (χ3n) is 3.73. The van der Waals surface area contributed by atoms with Crippen LogP contribution in [0.3, 0.4) is 0 Å². The summed E-state index contributed by atoms with van der Waals surface area (Å²) in [5.74, 6) is 0.767. The molecule has 0 aliphatic heterocycles. The van der Waals surface area contributed by atoms with Crippen LogP contribution in [0.1, 0.15) is 46.0 Å². The zero-order chi connectivity index (χ0) is 11.3. The summed E-state index contributed by atoms with van der Waals surface area (Å²) in [4.78, 5) is 0. The molecule has 3 nitrogen and oxygen atoms in total. The number of hydrogen-bond acceptors (Lipinski definition) is 3. The zero-order valence-corrected chi connectivity index (χ0v) is 10.00. The van der Waals surface area contributed by atoms with E-state index in [2.05, 4.69) is 12.2 Å². The van der Waals surface area contributed by atoms with Crippen molar-refractivity contribution < 1.29 is 10.2 Å². The Balaban J connectivity index is 2.49. The molecule has 15 heavy (non-hydrogen) atoms. The maximum Gasteiger partial charge on any atom is 0.0647 e. The standard InChI is InChI=1S/C12H25NO2/c1-3-12(8-14,9-15)13-11-6-4-5-10(2)7-11/h10-11,13-15H,3-9H2,1-2H3. The molecule has 0 aromatic carbocycles. The molecular formula is C12H25NO2. The maximum absolute atomic E-state index is 9.35. The van der Waals surface area contributed by atoms with E-state index in [0.717, 1.165) is 12.3 Å². The second-order valence-electron chi connectivity index (χ2n) is 5.06. The van der Waals surface area contributed by atoms with Gasteiger partial charge in [0, 0.05) is 6.04 Å². The summed E-state index contributed by atoms with van der Waals surface area (Å²) < 4.78 is 0. The van der Waals surface area contributed by atoms with E-state index in [4.69, 9.17) is 0 Å². The molecule has 0 heterocycles. The summed E-state index contributed by atoms with van der Waals surface area (Å²) in [6.07, 6.45) is 5.68. The van der Waals surface area contributed by atoms with Crippen LogP contribution >= 0.6 is 0 Å². The van der Waals surface area contributed by atoms with Crippen molar-refractivity contribution in [1.82, 2.24) is 5.32 Å². The van der Waals surface area contributed by atoms with Gasteiger partial charge in [-0.1, -0.05) is 26.7 Å². The van der Waals surface area contributed by atoms with Crippen molar-refractivity contribution in [3.63, 3.8) is 0 Å². The second-order valence-corrected chi connectivity index (χ2v) is 5.06. The predicted molar refractivity (Wildman–Crippen MR) is 61.7 cm³/mol. The summed E-state index contributed by atoms with van der Waals surface area (Å²) in [7, 11) is 0. The summed E-state index contributed by atoms with van der Waals surface area (Å²) in [5, 5.41) is 22.2. The van der Waals surface area contributed by atoms with Crippen molar-refractivity contribution in [1.29, 1.82) is 0 Å². The van der Waals surface area contributed by atoms with Crippen molar-refractivity contribution in [2.75, 3.05) is 13.2 Å². The van der Waals surface area contributed by atoms with Gasteiger partial charge >= 0.3 is 0 Å². The summed E-state index contributed by atoms with van der Waals surface area (Å²) in [5.41, 5.74) is -0.471. The van der Waals surface area contributed by atoms with Crippen LogP contribution in [0.15, 0.2) is 0 Å². The van der Waals surface area contributed by atoms with Crippen LogP contribution in [0.25, 0.3) is 0 Å². The van der Waals surface area contributed by atoms with Crippen molar-refractivity contribution in [2.45, 2.75) is 57.5 Å². The predicted octanol–water partition coefficient (Wildman–Crippen LogP) is 1.29. The molecule has 0 spiro atoms. The highest BCUT2D eigenvalue weighted by atomic mass is 16.3. The smallest absolute Gasteiger partial charge is 0.0647 e. The van der Waals surface area contributed by atoms with Crippen LogP contribution < -0.4 is 5.32 Å². The van der Waals surface area contributed by atoms with Gasteiger partial charge in [-0.25, -0.2) is 0 Å². The molecule has 0 radical (unpaired) electrons. The Bertz CT molecular complexity index is 172. The fourth-order valence-electron chi connectivity index (χ4n) is 2.47. The molecule has 1 saturated carbocycles. The van der Waals surface area contributed by atoms with Gasteiger partial charge in [0.05, 0.1) is 18.8 Å². The van der Waals surface area contributed by atoms with E-state index < -0.39 is 5.54 Å². The number of rotatable bonds is 5. The average Bonchev–Trinajstić information content (AvgIpc) is 2.26. The molecule has 2 unspecified atom stereocenters. The minimum Gasteiger partial charge on any atom is -0.394 e. The van der Waals surface area contributed by atoms with Crippen LogP contribution in [0.5, 0.6) is 0 Å².